The fraction of sp³-hybridized carbons (Fsp3) is 1.00. The third kappa shape index (κ3) is 4.42. The molecular formula is C14H30N2. The smallest absolute Gasteiger partial charge is 0.0107 e. The Hall–Kier alpha value is -0.0800. The lowest BCUT2D eigenvalue weighted by molar-refractivity contribution is 0.292. The van der Waals surface area contributed by atoms with Crippen molar-refractivity contribution in [1.29, 1.82) is 0 Å². The van der Waals surface area contributed by atoms with Crippen LogP contribution in [0, 0.1) is 17.8 Å². The van der Waals surface area contributed by atoms with Crippen LogP contribution in [-0.4, -0.2) is 37.1 Å². The lowest BCUT2D eigenvalue weighted by Gasteiger charge is -2.21. The summed E-state index contributed by atoms with van der Waals surface area (Å²) in [4.78, 5) is 2.62. The van der Waals surface area contributed by atoms with Gasteiger partial charge in [-0.05, 0) is 37.6 Å². The average Bonchev–Trinajstić information content (AvgIpc) is 2.66. The number of nitrogens with zero attached hydrogens (tertiary/aromatic N) is 1. The van der Waals surface area contributed by atoms with E-state index in [-0.39, 0.29) is 0 Å². The van der Waals surface area contributed by atoms with Crippen molar-refractivity contribution in [3.63, 3.8) is 0 Å². The number of likely N-dealkylation sites (tertiary alicyclic amines) is 1. The summed E-state index contributed by atoms with van der Waals surface area (Å²) in [5.74, 6) is 2.53. The van der Waals surface area contributed by atoms with Crippen LogP contribution in [0.3, 0.4) is 0 Å². The molecule has 0 saturated carbocycles. The summed E-state index contributed by atoms with van der Waals surface area (Å²) in [5.41, 5.74) is 0. The molecule has 0 aromatic carbocycles. The number of hydrogen-bond acceptors (Lipinski definition) is 2. The largest absolute Gasteiger partial charge is 0.313 e. The van der Waals surface area contributed by atoms with Gasteiger partial charge in [0.2, 0.25) is 0 Å². The van der Waals surface area contributed by atoms with Gasteiger partial charge in [0.15, 0.2) is 0 Å². The normalized spacial score (nSPS) is 24.6. The lowest BCUT2D eigenvalue weighted by Crippen LogP contribution is -2.37. The van der Waals surface area contributed by atoms with E-state index in [9.17, 15) is 0 Å². The molecule has 1 heterocycles. The van der Waals surface area contributed by atoms with E-state index in [1.165, 1.54) is 26.1 Å². The van der Waals surface area contributed by atoms with Gasteiger partial charge in [0.25, 0.3) is 0 Å². The van der Waals surface area contributed by atoms with Gasteiger partial charge in [0.05, 0.1) is 0 Å². The number of hydrogen-bond donors (Lipinski definition) is 1. The van der Waals surface area contributed by atoms with Gasteiger partial charge in [0.1, 0.15) is 0 Å². The second-order valence-electron chi connectivity index (χ2n) is 6.08. The van der Waals surface area contributed by atoms with Gasteiger partial charge in [-0.15, -0.1) is 0 Å². The summed E-state index contributed by atoms with van der Waals surface area (Å²) in [5, 5.41) is 3.61. The molecule has 96 valence electrons. The molecule has 0 bridgehead atoms. The van der Waals surface area contributed by atoms with Crippen molar-refractivity contribution in [3.8, 4) is 0 Å². The zero-order valence-corrected chi connectivity index (χ0v) is 11.8. The van der Waals surface area contributed by atoms with E-state index in [4.69, 9.17) is 0 Å². The minimum absolute atomic E-state index is 0.642. The summed E-state index contributed by atoms with van der Waals surface area (Å²) < 4.78 is 0. The first-order valence-corrected chi connectivity index (χ1v) is 6.96. The molecule has 0 amide bonds. The van der Waals surface area contributed by atoms with Gasteiger partial charge >= 0.3 is 0 Å². The minimum atomic E-state index is 0.642. The Morgan fingerprint density at radius 1 is 1.19 bits per heavy atom. The molecule has 1 aliphatic heterocycles. The van der Waals surface area contributed by atoms with Crippen LogP contribution in [0.2, 0.25) is 0 Å². The monoisotopic (exact) mass is 226 g/mol. The van der Waals surface area contributed by atoms with Crippen LogP contribution in [0.4, 0.5) is 0 Å². The van der Waals surface area contributed by atoms with Crippen LogP contribution < -0.4 is 5.32 Å². The molecule has 1 rings (SSSR count). The summed E-state index contributed by atoms with van der Waals surface area (Å²) in [7, 11) is 0. The van der Waals surface area contributed by atoms with Crippen LogP contribution in [-0.2, 0) is 0 Å². The van der Waals surface area contributed by atoms with Crippen LogP contribution >= 0.6 is 0 Å². The molecule has 2 nitrogen and oxygen atoms in total. The Labute approximate surface area is 102 Å². The standard InChI is InChI=1S/C14H30N2/c1-11(2)13(5)15-7-9-16-8-6-14(10-16)12(3)4/h11-15H,6-10H2,1-5H3. The number of rotatable bonds is 6. The Morgan fingerprint density at radius 2 is 1.88 bits per heavy atom. The van der Waals surface area contributed by atoms with Gasteiger partial charge in [-0.2, -0.15) is 0 Å². The molecule has 1 fully saturated rings. The fourth-order valence-electron chi connectivity index (χ4n) is 2.30. The van der Waals surface area contributed by atoms with E-state index in [0.717, 1.165) is 24.3 Å². The maximum atomic E-state index is 3.61. The minimum Gasteiger partial charge on any atom is -0.313 e. The molecule has 1 aliphatic rings. The molecular weight excluding hydrogens is 196 g/mol. The van der Waals surface area contributed by atoms with Crippen molar-refractivity contribution in [2.45, 2.75) is 47.1 Å². The first-order valence-electron chi connectivity index (χ1n) is 6.96. The molecule has 0 aliphatic carbocycles. The SMILES string of the molecule is CC(C)C1CCN(CCNC(C)C(C)C)C1. The molecule has 0 aromatic heterocycles. The average molecular weight is 226 g/mol. The predicted octanol–water partition coefficient (Wildman–Crippen LogP) is 2.60. The highest BCUT2D eigenvalue weighted by molar-refractivity contribution is 4.78. The van der Waals surface area contributed by atoms with Crippen molar-refractivity contribution < 1.29 is 0 Å². The molecule has 16 heavy (non-hydrogen) atoms. The topological polar surface area (TPSA) is 15.3 Å². The lowest BCUT2D eigenvalue weighted by atomic mass is 9.95. The molecule has 1 saturated heterocycles. The van der Waals surface area contributed by atoms with Crippen LogP contribution in [0.1, 0.15) is 41.0 Å². The van der Waals surface area contributed by atoms with Gasteiger partial charge in [-0.1, -0.05) is 27.7 Å². The van der Waals surface area contributed by atoms with Gasteiger partial charge in [-0.25, -0.2) is 0 Å². The van der Waals surface area contributed by atoms with E-state index in [1.807, 2.05) is 0 Å². The van der Waals surface area contributed by atoms with E-state index in [2.05, 4.69) is 44.8 Å². The van der Waals surface area contributed by atoms with Crippen molar-refractivity contribution in [1.82, 2.24) is 10.2 Å². The van der Waals surface area contributed by atoms with Gasteiger partial charge < -0.3 is 10.2 Å². The molecule has 2 unspecified atom stereocenters. The Morgan fingerprint density at radius 3 is 2.38 bits per heavy atom. The Bertz CT molecular complexity index is 189. The first kappa shape index (κ1) is 14.0. The first-order chi connectivity index (χ1) is 7.50. The zero-order valence-electron chi connectivity index (χ0n) is 11.8. The van der Waals surface area contributed by atoms with E-state index in [1.54, 1.807) is 0 Å². The second kappa shape index (κ2) is 6.61. The van der Waals surface area contributed by atoms with Crippen LogP contribution in [0.15, 0.2) is 0 Å². The summed E-state index contributed by atoms with van der Waals surface area (Å²) in [6.45, 7) is 16.5. The van der Waals surface area contributed by atoms with Crippen molar-refractivity contribution in [2.24, 2.45) is 17.8 Å². The van der Waals surface area contributed by atoms with Crippen molar-refractivity contribution in [3.05, 3.63) is 0 Å². The second-order valence-corrected chi connectivity index (χ2v) is 6.08. The summed E-state index contributed by atoms with van der Waals surface area (Å²) in [6, 6.07) is 0.642. The Balaban J connectivity index is 2.11. The summed E-state index contributed by atoms with van der Waals surface area (Å²) >= 11 is 0. The zero-order chi connectivity index (χ0) is 12.1. The quantitative estimate of drug-likeness (QED) is 0.749. The predicted molar refractivity (Wildman–Crippen MR) is 71.7 cm³/mol. The van der Waals surface area contributed by atoms with Crippen LogP contribution in [0.25, 0.3) is 0 Å². The molecule has 0 radical (unpaired) electrons. The maximum absolute atomic E-state index is 3.61. The van der Waals surface area contributed by atoms with E-state index >= 15 is 0 Å². The highest BCUT2D eigenvalue weighted by Crippen LogP contribution is 2.22. The third-order valence-corrected chi connectivity index (χ3v) is 4.15. The van der Waals surface area contributed by atoms with E-state index in [0.29, 0.717) is 6.04 Å². The molecule has 2 heteroatoms. The highest BCUT2D eigenvalue weighted by atomic mass is 15.2. The van der Waals surface area contributed by atoms with Crippen LogP contribution in [0.5, 0.6) is 0 Å². The molecule has 2 atom stereocenters. The molecule has 1 N–H and O–H groups in total. The molecule has 0 spiro atoms. The van der Waals surface area contributed by atoms with Gasteiger partial charge in [-0.3, -0.25) is 0 Å². The Kier molecular flexibility index (Phi) is 5.77. The van der Waals surface area contributed by atoms with Crippen molar-refractivity contribution in [2.75, 3.05) is 26.2 Å². The maximum Gasteiger partial charge on any atom is 0.0107 e. The number of nitrogens with one attached hydrogen (secondary N) is 1. The summed E-state index contributed by atoms with van der Waals surface area (Å²) in [6.07, 6.45) is 1.40. The third-order valence-electron chi connectivity index (χ3n) is 4.15. The fourth-order valence-corrected chi connectivity index (χ4v) is 2.30. The highest BCUT2D eigenvalue weighted by Gasteiger charge is 2.24. The van der Waals surface area contributed by atoms with Gasteiger partial charge in [0, 0.05) is 25.7 Å². The molecule has 0 aromatic rings. The van der Waals surface area contributed by atoms with E-state index < -0.39 is 0 Å². The van der Waals surface area contributed by atoms with Crippen molar-refractivity contribution >= 4 is 0 Å².